The molecule has 0 saturated carbocycles. The monoisotopic (exact) mass is 412 g/mol. The lowest BCUT2D eigenvalue weighted by Gasteiger charge is -2.35. The largest absolute Gasteiger partial charge is 0.280 e. The van der Waals surface area contributed by atoms with Gasteiger partial charge in [-0.3, -0.25) is 14.4 Å². The summed E-state index contributed by atoms with van der Waals surface area (Å²) in [7, 11) is 0. The van der Waals surface area contributed by atoms with Crippen LogP contribution in [0.4, 0.5) is 0 Å². The number of nitrogens with zero attached hydrogens (tertiary/aromatic N) is 2. The van der Waals surface area contributed by atoms with Gasteiger partial charge >= 0.3 is 0 Å². The molecule has 0 aromatic heterocycles. The lowest BCUT2D eigenvalue weighted by molar-refractivity contribution is 0.00182. The van der Waals surface area contributed by atoms with E-state index in [1.165, 1.54) is 0 Å². The van der Waals surface area contributed by atoms with Crippen LogP contribution in [0.15, 0.2) is 54.6 Å². The van der Waals surface area contributed by atoms with Crippen LogP contribution in [0.1, 0.15) is 38.0 Å². The van der Waals surface area contributed by atoms with Crippen LogP contribution >= 0.6 is 23.2 Å². The summed E-state index contributed by atoms with van der Waals surface area (Å²) in [5.41, 5.74) is 0.987. The third-order valence-electron chi connectivity index (χ3n) is 4.70. The van der Waals surface area contributed by atoms with E-state index in [9.17, 15) is 14.4 Å². The summed E-state index contributed by atoms with van der Waals surface area (Å²) in [5, 5.41) is 4.13. The second-order valence-corrected chi connectivity index (χ2v) is 7.12. The topological polar surface area (TPSA) is 57.7 Å². The van der Waals surface area contributed by atoms with Gasteiger partial charge in [-0.15, -0.1) is 0 Å². The van der Waals surface area contributed by atoms with Crippen molar-refractivity contribution in [1.29, 1.82) is 0 Å². The summed E-state index contributed by atoms with van der Waals surface area (Å²) >= 11 is 12.1. The van der Waals surface area contributed by atoms with Gasteiger partial charge in [-0.1, -0.05) is 35.3 Å². The van der Waals surface area contributed by atoms with E-state index < -0.39 is 17.7 Å². The predicted octanol–water partition coefficient (Wildman–Crippen LogP) is 4.82. The van der Waals surface area contributed by atoms with Crippen molar-refractivity contribution in [2.24, 2.45) is 0 Å². The molecule has 3 aromatic carbocycles. The van der Waals surface area contributed by atoms with Crippen LogP contribution in [-0.4, -0.2) is 34.3 Å². The highest BCUT2D eigenvalue weighted by molar-refractivity contribution is 6.38. The summed E-state index contributed by atoms with van der Waals surface area (Å²) in [6.45, 7) is 1.84. The predicted molar refractivity (Wildman–Crippen MR) is 108 cm³/mol. The molecular formula is C21H14Cl2N2O3. The van der Waals surface area contributed by atoms with Crippen molar-refractivity contribution in [2.75, 3.05) is 6.54 Å². The van der Waals surface area contributed by atoms with Gasteiger partial charge in [0.15, 0.2) is 0 Å². The third kappa shape index (κ3) is 2.75. The van der Waals surface area contributed by atoms with Gasteiger partial charge in [-0.2, -0.15) is 5.01 Å². The van der Waals surface area contributed by atoms with Crippen molar-refractivity contribution in [3.05, 3.63) is 81.3 Å². The van der Waals surface area contributed by atoms with Crippen LogP contribution in [0, 0.1) is 0 Å². The maximum absolute atomic E-state index is 13.2. The van der Waals surface area contributed by atoms with E-state index in [2.05, 4.69) is 0 Å². The molecule has 0 radical (unpaired) electrons. The molecule has 7 heteroatoms. The molecule has 0 N–H and O–H groups in total. The molecule has 0 fully saturated rings. The van der Waals surface area contributed by atoms with E-state index >= 15 is 0 Å². The van der Waals surface area contributed by atoms with Crippen LogP contribution in [-0.2, 0) is 0 Å². The maximum atomic E-state index is 13.2. The molecule has 0 spiro atoms. The summed E-state index contributed by atoms with van der Waals surface area (Å²) in [5.74, 6) is -1.59. The maximum Gasteiger partial charge on any atom is 0.280 e. The average molecular weight is 413 g/mol. The summed E-state index contributed by atoms with van der Waals surface area (Å²) in [6, 6.07) is 14.6. The molecule has 140 valence electrons. The van der Waals surface area contributed by atoms with Crippen molar-refractivity contribution in [2.45, 2.75) is 6.92 Å². The van der Waals surface area contributed by atoms with Crippen LogP contribution in [0.3, 0.4) is 0 Å². The van der Waals surface area contributed by atoms with Gasteiger partial charge in [-0.05, 0) is 49.4 Å². The molecule has 1 heterocycles. The number of hydrogen-bond donors (Lipinski definition) is 0. The summed E-state index contributed by atoms with van der Waals surface area (Å²) in [4.78, 5) is 39.3. The number of halogens is 2. The lowest BCUT2D eigenvalue weighted by Crippen LogP contribution is -2.54. The van der Waals surface area contributed by atoms with Crippen molar-refractivity contribution < 1.29 is 14.4 Å². The zero-order chi connectivity index (χ0) is 20.0. The fourth-order valence-corrected chi connectivity index (χ4v) is 3.73. The minimum Gasteiger partial charge on any atom is -0.267 e. The van der Waals surface area contributed by atoms with Crippen molar-refractivity contribution in [3.8, 4) is 0 Å². The SMILES string of the molecule is CCN(C(=O)c1ccc(Cl)cc1)N1C(=O)c2cccc3c(Cl)ccc(c23)C1=O. The Balaban J connectivity index is 1.83. The van der Waals surface area contributed by atoms with Crippen molar-refractivity contribution in [3.63, 3.8) is 0 Å². The fourth-order valence-electron chi connectivity index (χ4n) is 3.38. The molecule has 3 amide bonds. The first-order valence-electron chi connectivity index (χ1n) is 8.61. The van der Waals surface area contributed by atoms with E-state index in [-0.39, 0.29) is 6.54 Å². The number of rotatable bonds is 3. The molecule has 0 bridgehead atoms. The van der Waals surface area contributed by atoms with Gasteiger partial charge in [0, 0.05) is 32.9 Å². The highest BCUT2D eigenvalue weighted by atomic mass is 35.5. The van der Waals surface area contributed by atoms with Gasteiger partial charge in [0.1, 0.15) is 0 Å². The second kappa shape index (κ2) is 6.93. The Hall–Kier alpha value is -2.89. The number of hydrazine groups is 1. The van der Waals surface area contributed by atoms with Crippen LogP contribution in [0.5, 0.6) is 0 Å². The van der Waals surface area contributed by atoms with E-state index in [0.29, 0.717) is 37.5 Å². The Morgan fingerprint density at radius 2 is 1.57 bits per heavy atom. The van der Waals surface area contributed by atoms with E-state index in [1.807, 2.05) is 0 Å². The van der Waals surface area contributed by atoms with Crippen LogP contribution < -0.4 is 0 Å². The van der Waals surface area contributed by atoms with E-state index in [1.54, 1.807) is 61.5 Å². The molecule has 0 aliphatic carbocycles. The highest BCUT2D eigenvalue weighted by Crippen LogP contribution is 2.34. The highest BCUT2D eigenvalue weighted by Gasteiger charge is 2.38. The minimum absolute atomic E-state index is 0.137. The third-order valence-corrected chi connectivity index (χ3v) is 5.28. The van der Waals surface area contributed by atoms with Gasteiger partial charge in [0.05, 0.1) is 11.1 Å². The number of imide groups is 1. The molecule has 1 aliphatic rings. The van der Waals surface area contributed by atoms with Gasteiger partial charge in [-0.25, -0.2) is 5.01 Å². The van der Waals surface area contributed by atoms with Crippen molar-refractivity contribution >= 4 is 51.7 Å². The van der Waals surface area contributed by atoms with E-state index in [4.69, 9.17) is 23.2 Å². The van der Waals surface area contributed by atoms with Crippen LogP contribution in [0.25, 0.3) is 10.8 Å². The van der Waals surface area contributed by atoms with Gasteiger partial charge < -0.3 is 0 Å². The fraction of sp³-hybridized carbons (Fsp3) is 0.0952. The molecule has 4 rings (SSSR count). The summed E-state index contributed by atoms with van der Waals surface area (Å²) in [6.07, 6.45) is 0. The Labute approximate surface area is 171 Å². The Morgan fingerprint density at radius 1 is 0.929 bits per heavy atom. The quantitative estimate of drug-likeness (QED) is 0.579. The molecule has 5 nitrogen and oxygen atoms in total. The normalized spacial score (nSPS) is 13.2. The molecule has 1 aliphatic heterocycles. The zero-order valence-electron chi connectivity index (χ0n) is 14.8. The first-order chi connectivity index (χ1) is 13.4. The van der Waals surface area contributed by atoms with E-state index in [0.717, 1.165) is 10.0 Å². The summed E-state index contributed by atoms with van der Waals surface area (Å²) < 4.78 is 0. The van der Waals surface area contributed by atoms with Gasteiger partial charge in [0.25, 0.3) is 17.7 Å². The number of benzene rings is 3. The molecular weight excluding hydrogens is 399 g/mol. The first-order valence-corrected chi connectivity index (χ1v) is 9.37. The standard InChI is InChI=1S/C21H14Cl2N2O3/c1-2-24(19(26)12-6-8-13(22)9-7-12)25-20(27)15-5-3-4-14-17(23)11-10-16(18(14)15)21(25)28/h3-11H,2H2,1H3. The van der Waals surface area contributed by atoms with Gasteiger partial charge in [0.2, 0.25) is 0 Å². The average Bonchev–Trinajstić information content (AvgIpc) is 2.70. The second-order valence-electron chi connectivity index (χ2n) is 6.27. The lowest BCUT2D eigenvalue weighted by atomic mass is 9.95. The van der Waals surface area contributed by atoms with Crippen molar-refractivity contribution in [1.82, 2.24) is 10.0 Å². The van der Waals surface area contributed by atoms with Crippen LogP contribution in [0.2, 0.25) is 10.0 Å². The molecule has 0 atom stereocenters. The number of hydrogen-bond acceptors (Lipinski definition) is 3. The first kappa shape index (κ1) is 18.5. The molecule has 0 unspecified atom stereocenters. The Morgan fingerprint density at radius 3 is 2.21 bits per heavy atom. The molecule has 0 saturated heterocycles. The number of amides is 3. The molecule has 3 aromatic rings. The number of carbonyl (C=O) groups excluding carboxylic acids is 3. The Bertz CT molecular complexity index is 1120. The number of carbonyl (C=O) groups is 3. The Kier molecular flexibility index (Phi) is 4.57. The molecule has 28 heavy (non-hydrogen) atoms. The minimum atomic E-state index is -0.561. The smallest absolute Gasteiger partial charge is 0.267 e. The zero-order valence-corrected chi connectivity index (χ0v) is 16.3.